The van der Waals surface area contributed by atoms with E-state index in [1.165, 1.54) is 11.3 Å². The lowest BCUT2D eigenvalue weighted by Crippen LogP contribution is -1.99. The summed E-state index contributed by atoms with van der Waals surface area (Å²) in [6, 6.07) is 21.8. The summed E-state index contributed by atoms with van der Waals surface area (Å²) in [5.74, 6) is 1.89. The highest BCUT2D eigenvalue weighted by Crippen LogP contribution is 2.39. The fraction of sp³-hybridized carbons (Fsp3) is 0.161. The molecule has 208 valence electrons. The van der Waals surface area contributed by atoms with Gasteiger partial charge in [-0.2, -0.15) is 10.2 Å². The summed E-state index contributed by atoms with van der Waals surface area (Å²) in [7, 11) is 0. The zero-order chi connectivity index (χ0) is 29.0. The number of nitrogens with zero attached hydrogens (tertiary/aromatic N) is 8. The van der Waals surface area contributed by atoms with E-state index in [-0.39, 0.29) is 0 Å². The molecular formula is C31H26N8O2S. The topological polar surface area (TPSA) is 113 Å². The van der Waals surface area contributed by atoms with Gasteiger partial charge in [0.15, 0.2) is 21.4 Å². The van der Waals surface area contributed by atoms with E-state index in [0.717, 1.165) is 39.5 Å². The van der Waals surface area contributed by atoms with Gasteiger partial charge in [-0.15, -0.1) is 10.2 Å². The molecule has 0 spiro atoms. The van der Waals surface area contributed by atoms with Crippen molar-refractivity contribution in [3.8, 4) is 56.1 Å². The first-order valence-corrected chi connectivity index (χ1v) is 14.2. The fourth-order valence-electron chi connectivity index (χ4n) is 4.80. The molecule has 0 bridgehead atoms. The van der Waals surface area contributed by atoms with Crippen molar-refractivity contribution < 1.29 is 8.83 Å². The van der Waals surface area contributed by atoms with E-state index in [2.05, 4.69) is 20.4 Å². The molecule has 11 heteroatoms. The van der Waals surface area contributed by atoms with Crippen LogP contribution in [0.3, 0.4) is 0 Å². The molecule has 0 saturated heterocycles. The molecule has 0 aliphatic heterocycles. The summed E-state index contributed by atoms with van der Waals surface area (Å²) >= 11 is 1.35. The van der Waals surface area contributed by atoms with Crippen molar-refractivity contribution in [1.82, 2.24) is 39.7 Å². The van der Waals surface area contributed by atoms with Gasteiger partial charge in [0.25, 0.3) is 11.8 Å². The molecular weight excluding hydrogens is 548 g/mol. The Kier molecular flexibility index (Phi) is 6.16. The molecule has 0 radical (unpaired) electrons. The Balaban J connectivity index is 1.38. The average Bonchev–Trinajstić information content (AvgIpc) is 3.80. The number of aryl methyl sites for hydroxylation is 5. The molecule has 5 aromatic heterocycles. The summed E-state index contributed by atoms with van der Waals surface area (Å²) in [4.78, 5) is 9.75. The zero-order valence-corrected chi connectivity index (χ0v) is 24.5. The van der Waals surface area contributed by atoms with E-state index < -0.39 is 0 Å². The summed E-state index contributed by atoms with van der Waals surface area (Å²) in [5, 5.41) is 19.5. The quantitative estimate of drug-likeness (QED) is 0.207. The van der Waals surface area contributed by atoms with Crippen molar-refractivity contribution in [2.45, 2.75) is 34.6 Å². The van der Waals surface area contributed by atoms with Crippen LogP contribution in [-0.2, 0) is 0 Å². The zero-order valence-electron chi connectivity index (χ0n) is 23.7. The minimum absolute atomic E-state index is 0.469. The molecule has 0 unspecified atom stereocenters. The second kappa shape index (κ2) is 10.0. The maximum atomic E-state index is 6.34. The average molecular weight is 575 g/mol. The van der Waals surface area contributed by atoms with Crippen LogP contribution in [0.1, 0.15) is 28.3 Å². The Morgan fingerprint density at radius 3 is 1.52 bits per heavy atom. The summed E-state index contributed by atoms with van der Waals surface area (Å²) < 4.78 is 16.2. The van der Waals surface area contributed by atoms with Crippen molar-refractivity contribution in [1.29, 1.82) is 0 Å². The molecule has 42 heavy (non-hydrogen) atoms. The van der Waals surface area contributed by atoms with Crippen LogP contribution in [-0.4, -0.2) is 39.7 Å². The predicted octanol–water partition coefficient (Wildman–Crippen LogP) is 7.10. The molecule has 2 aromatic carbocycles. The Hall–Kier alpha value is -5.16. The van der Waals surface area contributed by atoms with Gasteiger partial charge in [-0.05, 0) is 71.0 Å². The molecule has 5 heterocycles. The third-order valence-corrected chi connectivity index (χ3v) is 7.71. The van der Waals surface area contributed by atoms with E-state index in [1.807, 2.05) is 101 Å². The van der Waals surface area contributed by atoms with Crippen LogP contribution < -0.4 is 0 Å². The number of benzene rings is 2. The molecule has 0 aliphatic rings. The molecule has 7 aromatic rings. The third-order valence-electron chi connectivity index (χ3n) is 6.77. The van der Waals surface area contributed by atoms with Gasteiger partial charge >= 0.3 is 0 Å². The van der Waals surface area contributed by atoms with E-state index in [9.17, 15) is 0 Å². The summed E-state index contributed by atoms with van der Waals surface area (Å²) in [5.41, 5.74) is 7.52. The van der Waals surface area contributed by atoms with Gasteiger partial charge in [-0.3, -0.25) is 0 Å². The predicted molar refractivity (Wildman–Crippen MR) is 160 cm³/mol. The van der Waals surface area contributed by atoms with Crippen molar-refractivity contribution in [2.75, 3.05) is 0 Å². The second-order valence-corrected chi connectivity index (χ2v) is 11.1. The molecule has 0 amide bonds. The summed E-state index contributed by atoms with van der Waals surface area (Å²) in [6.07, 6.45) is 0. The third kappa shape index (κ3) is 4.53. The van der Waals surface area contributed by atoms with Crippen molar-refractivity contribution in [2.24, 2.45) is 0 Å². The lowest BCUT2D eigenvalue weighted by Gasteiger charge is -2.01. The highest BCUT2D eigenvalue weighted by molar-refractivity contribution is 7.17. The van der Waals surface area contributed by atoms with Crippen LogP contribution in [0.25, 0.3) is 56.1 Å². The lowest BCUT2D eigenvalue weighted by molar-refractivity contribution is 0.525. The fourth-order valence-corrected chi connectivity index (χ4v) is 5.60. The maximum absolute atomic E-state index is 6.34. The van der Waals surface area contributed by atoms with Crippen molar-refractivity contribution in [3.05, 3.63) is 95.1 Å². The normalized spacial score (nSPS) is 11.5. The van der Waals surface area contributed by atoms with Gasteiger partial charge in [-0.1, -0.05) is 47.2 Å². The van der Waals surface area contributed by atoms with Gasteiger partial charge in [0, 0.05) is 22.5 Å². The number of rotatable bonds is 6. The van der Waals surface area contributed by atoms with E-state index in [4.69, 9.17) is 18.8 Å². The molecule has 0 atom stereocenters. The van der Waals surface area contributed by atoms with E-state index in [0.29, 0.717) is 45.0 Å². The van der Waals surface area contributed by atoms with Crippen molar-refractivity contribution in [3.63, 3.8) is 0 Å². The van der Waals surface area contributed by atoms with Gasteiger partial charge in [0.05, 0.1) is 11.4 Å². The van der Waals surface area contributed by atoms with Crippen LogP contribution >= 0.6 is 11.3 Å². The number of hydrogen-bond acceptors (Lipinski definition) is 9. The smallest absolute Gasteiger partial charge is 0.252 e. The first kappa shape index (κ1) is 25.8. The van der Waals surface area contributed by atoms with Gasteiger partial charge in [0.1, 0.15) is 0 Å². The number of oxazole rings is 2. The maximum Gasteiger partial charge on any atom is 0.252 e. The monoisotopic (exact) mass is 574 g/mol. The molecule has 10 nitrogen and oxygen atoms in total. The van der Waals surface area contributed by atoms with Gasteiger partial charge < -0.3 is 8.83 Å². The molecule has 7 rings (SSSR count). The minimum Gasteiger partial charge on any atom is -0.417 e. The van der Waals surface area contributed by atoms with Crippen LogP contribution in [0, 0.1) is 34.6 Å². The van der Waals surface area contributed by atoms with Crippen LogP contribution in [0.15, 0.2) is 75.6 Å². The highest BCUT2D eigenvalue weighted by atomic mass is 32.1. The Morgan fingerprint density at radius 1 is 0.595 bits per heavy atom. The van der Waals surface area contributed by atoms with Gasteiger partial charge in [0.2, 0.25) is 11.8 Å². The molecule has 0 aliphatic carbocycles. The standard InChI is InChI=1S/C31H26N8O2S/c1-17-11-13-23(14-12-17)27-33-25(31(41-27)39-21(5)16-19(3)37-39)29-35-34-28(42-29)24-30(38-20(4)15-18(2)36-38)40-26(32-24)22-9-7-6-8-10-22/h6-16H,1-5H3. The SMILES string of the molecule is Cc1ccc(-c2nc(-c3nnc(-c4nc(-c5ccccc5)oc4-n4nc(C)cc4C)s3)c(-n3nc(C)cc3C)o2)cc1. The lowest BCUT2D eigenvalue weighted by atomic mass is 10.1. The second-order valence-electron chi connectivity index (χ2n) is 10.2. The van der Waals surface area contributed by atoms with E-state index >= 15 is 0 Å². The molecule has 0 N–H and O–H groups in total. The first-order valence-electron chi connectivity index (χ1n) is 13.4. The molecule has 0 saturated carbocycles. The van der Waals surface area contributed by atoms with Crippen LogP contribution in [0.5, 0.6) is 0 Å². The van der Waals surface area contributed by atoms with Crippen molar-refractivity contribution >= 4 is 11.3 Å². The Labute approximate surface area is 245 Å². The van der Waals surface area contributed by atoms with Crippen LogP contribution in [0.4, 0.5) is 0 Å². The Morgan fingerprint density at radius 2 is 1.07 bits per heavy atom. The summed E-state index contributed by atoms with van der Waals surface area (Å²) in [6.45, 7) is 9.88. The van der Waals surface area contributed by atoms with E-state index in [1.54, 1.807) is 9.36 Å². The minimum atomic E-state index is 0.469. The Bertz CT molecular complexity index is 2040. The number of aromatic nitrogens is 8. The largest absolute Gasteiger partial charge is 0.417 e. The first-order chi connectivity index (χ1) is 20.3. The van der Waals surface area contributed by atoms with Crippen LogP contribution in [0.2, 0.25) is 0 Å². The number of hydrogen-bond donors (Lipinski definition) is 0. The highest BCUT2D eigenvalue weighted by Gasteiger charge is 2.27. The van der Waals surface area contributed by atoms with Gasteiger partial charge in [-0.25, -0.2) is 19.3 Å². The molecule has 0 fully saturated rings.